The van der Waals surface area contributed by atoms with Crippen LogP contribution in [0.1, 0.15) is 33.4 Å². The van der Waals surface area contributed by atoms with Crippen LogP contribution in [0.5, 0.6) is 0 Å². The Morgan fingerprint density at radius 3 is 2.20 bits per heavy atom. The van der Waals surface area contributed by atoms with Gasteiger partial charge >= 0.3 is 0 Å². The van der Waals surface area contributed by atoms with Crippen molar-refractivity contribution in [2.75, 3.05) is 7.05 Å². The zero-order chi connectivity index (χ0) is 22.0. The molecular weight excluding hydrogens is 395 g/mol. The maximum Gasteiger partial charge on any atom is 0.254 e. The molecule has 8 heteroatoms. The van der Waals surface area contributed by atoms with Crippen molar-refractivity contribution in [2.45, 2.75) is 19.9 Å². The topological polar surface area (TPSA) is 63.1 Å². The molecule has 3 rings (SSSR count). The Labute approximate surface area is 171 Å². The van der Waals surface area contributed by atoms with Crippen LogP contribution in [0.15, 0.2) is 48.5 Å². The molecule has 2 aromatic carbocycles. The lowest BCUT2D eigenvalue weighted by molar-refractivity contribution is -0.122. The lowest BCUT2D eigenvalue weighted by Gasteiger charge is -2.18. The Morgan fingerprint density at radius 2 is 1.60 bits per heavy atom. The van der Waals surface area contributed by atoms with Crippen molar-refractivity contribution in [1.82, 2.24) is 15.2 Å². The van der Waals surface area contributed by atoms with E-state index in [-0.39, 0.29) is 11.4 Å². The number of rotatable bonds is 5. The lowest BCUT2D eigenvalue weighted by Crippen LogP contribution is -2.39. The molecule has 1 heterocycles. The highest BCUT2D eigenvalue weighted by molar-refractivity contribution is 5.99. The summed E-state index contributed by atoms with van der Waals surface area (Å²) in [5.74, 6) is -3.69. The number of amides is 2. The van der Waals surface area contributed by atoms with E-state index in [1.165, 1.54) is 25.2 Å². The molecule has 2 N–H and O–H groups in total. The van der Waals surface area contributed by atoms with Gasteiger partial charge in [0, 0.05) is 24.1 Å². The van der Waals surface area contributed by atoms with Crippen LogP contribution in [-0.2, 0) is 4.79 Å². The first kappa shape index (κ1) is 21.2. The highest BCUT2D eigenvalue weighted by atomic mass is 19.2. The van der Waals surface area contributed by atoms with Crippen LogP contribution in [0.4, 0.5) is 13.2 Å². The number of benzene rings is 2. The van der Waals surface area contributed by atoms with Gasteiger partial charge in [0.2, 0.25) is 5.91 Å². The molecule has 0 aliphatic heterocycles. The summed E-state index contributed by atoms with van der Waals surface area (Å²) in [6, 6.07) is 9.24. The molecule has 2 amide bonds. The van der Waals surface area contributed by atoms with Crippen LogP contribution < -0.4 is 10.6 Å². The van der Waals surface area contributed by atoms with Crippen LogP contribution >= 0.6 is 0 Å². The van der Waals surface area contributed by atoms with Crippen molar-refractivity contribution in [3.05, 3.63) is 88.5 Å². The zero-order valence-electron chi connectivity index (χ0n) is 16.6. The summed E-state index contributed by atoms with van der Waals surface area (Å²) in [7, 11) is 1.38. The largest absolute Gasteiger partial charge is 0.357 e. The molecule has 0 aliphatic carbocycles. The van der Waals surface area contributed by atoms with Gasteiger partial charge in [-0.2, -0.15) is 0 Å². The highest BCUT2D eigenvalue weighted by Crippen LogP contribution is 2.23. The van der Waals surface area contributed by atoms with E-state index in [1.54, 1.807) is 36.6 Å². The SMILES string of the molecule is CNC(=O)C(NC(=O)c1cc(C)n(-c2ccc(F)cc2)c1C)c1ccc(F)c(F)c1. The number of carbonyl (C=O) groups excluding carboxylic acids is 2. The molecule has 0 bridgehead atoms. The average Bonchev–Trinajstić information content (AvgIpc) is 3.02. The fourth-order valence-electron chi connectivity index (χ4n) is 3.33. The van der Waals surface area contributed by atoms with E-state index in [2.05, 4.69) is 10.6 Å². The maximum absolute atomic E-state index is 13.7. The van der Waals surface area contributed by atoms with E-state index in [4.69, 9.17) is 0 Å². The van der Waals surface area contributed by atoms with Gasteiger partial charge in [0.15, 0.2) is 11.6 Å². The zero-order valence-corrected chi connectivity index (χ0v) is 16.6. The van der Waals surface area contributed by atoms with Crippen molar-refractivity contribution in [2.24, 2.45) is 0 Å². The van der Waals surface area contributed by atoms with Crippen LogP contribution in [-0.4, -0.2) is 23.4 Å². The molecule has 0 aliphatic rings. The summed E-state index contributed by atoms with van der Waals surface area (Å²) in [5.41, 5.74) is 2.39. The van der Waals surface area contributed by atoms with Gasteiger partial charge in [0.25, 0.3) is 5.91 Å². The van der Waals surface area contributed by atoms with Gasteiger partial charge in [0.05, 0.1) is 5.56 Å². The summed E-state index contributed by atoms with van der Waals surface area (Å²) in [4.78, 5) is 25.2. The maximum atomic E-state index is 13.7. The summed E-state index contributed by atoms with van der Waals surface area (Å²) in [6.45, 7) is 3.51. The first-order valence-corrected chi connectivity index (χ1v) is 9.15. The fraction of sp³-hybridized carbons (Fsp3) is 0.182. The van der Waals surface area contributed by atoms with E-state index >= 15 is 0 Å². The molecular formula is C22H20F3N3O2. The van der Waals surface area contributed by atoms with Crippen LogP contribution in [0, 0.1) is 31.3 Å². The molecule has 0 saturated carbocycles. The van der Waals surface area contributed by atoms with E-state index in [1.807, 2.05) is 0 Å². The molecule has 30 heavy (non-hydrogen) atoms. The number of aromatic nitrogens is 1. The van der Waals surface area contributed by atoms with Crippen molar-refractivity contribution in [3.63, 3.8) is 0 Å². The molecule has 3 aromatic rings. The van der Waals surface area contributed by atoms with E-state index in [0.717, 1.165) is 17.8 Å². The second kappa shape index (κ2) is 8.44. The number of aryl methyl sites for hydroxylation is 1. The standard InChI is InChI=1S/C22H20F3N3O2/c1-12-10-17(13(2)28(12)16-7-5-15(23)6-8-16)21(29)27-20(22(30)26-3)14-4-9-18(24)19(25)11-14/h4-11,20H,1-3H3,(H,26,30)(H,27,29). The molecule has 5 nitrogen and oxygen atoms in total. The Morgan fingerprint density at radius 1 is 0.933 bits per heavy atom. The number of nitrogens with one attached hydrogen (secondary N) is 2. The number of hydrogen-bond acceptors (Lipinski definition) is 2. The van der Waals surface area contributed by atoms with Crippen LogP contribution in [0.3, 0.4) is 0 Å². The minimum Gasteiger partial charge on any atom is -0.357 e. The fourth-order valence-corrected chi connectivity index (χ4v) is 3.33. The van der Waals surface area contributed by atoms with Gasteiger partial charge in [-0.25, -0.2) is 13.2 Å². The van der Waals surface area contributed by atoms with Gasteiger partial charge in [0.1, 0.15) is 11.9 Å². The predicted octanol–water partition coefficient (Wildman–Crippen LogP) is 3.73. The van der Waals surface area contributed by atoms with E-state index < -0.39 is 29.5 Å². The number of carbonyl (C=O) groups is 2. The highest BCUT2D eigenvalue weighted by Gasteiger charge is 2.25. The second-order valence-electron chi connectivity index (χ2n) is 6.79. The van der Waals surface area contributed by atoms with Gasteiger partial charge in [-0.15, -0.1) is 0 Å². The van der Waals surface area contributed by atoms with E-state index in [0.29, 0.717) is 16.9 Å². The molecule has 0 saturated heterocycles. The van der Waals surface area contributed by atoms with Crippen LogP contribution in [0.25, 0.3) is 5.69 Å². The van der Waals surface area contributed by atoms with Gasteiger partial charge in [-0.05, 0) is 61.9 Å². The third kappa shape index (κ3) is 4.07. The number of hydrogen-bond donors (Lipinski definition) is 2. The Kier molecular flexibility index (Phi) is 5.96. The Balaban J connectivity index is 1.95. The Bertz CT molecular complexity index is 1110. The number of likely N-dealkylation sites (N-methyl/N-ethyl adjacent to an activating group) is 1. The van der Waals surface area contributed by atoms with Crippen molar-refractivity contribution in [1.29, 1.82) is 0 Å². The normalized spacial score (nSPS) is 11.8. The van der Waals surface area contributed by atoms with Gasteiger partial charge in [-0.1, -0.05) is 6.07 Å². The summed E-state index contributed by atoms with van der Waals surface area (Å²) in [5, 5.41) is 4.98. The van der Waals surface area contributed by atoms with Crippen molar-refractivity contribution in [3.8, 4) is 5.69 Å². The molecule has 156 valence electrons. The summed E-state index contributed by atoms with van der Waals surface area (Å²) < 4.78 is 41.9. The molecule has 1 unspecified atom stereocenters. The first-order valence-electron chi connectivity index (χ1n) is 9.15. The minimum absolute atomic E-state index is 0.106. The summed E-state index contributed by atoms with van der Waals surface area (Å²) >= 11 is 0. The molecule has 0 radical (unpaired) electrons. The second-order valence-corrected chi connectivity index (χ2v) is 6.79. The van der Waals surface area contributed by atoms with Crippen molar-refractivity contribution < 1.29 is 22.8 Å². The predicted molar refractivity (Wildman–Crippen MR) is 106 cm³/mol. The monoisotopic (exact) mass is 415 g/mol. The third-order valence-corrected chi connectivity index (χ3v) is 4.82. The minimum atomic E-state index is -1.22. The van der Waals surface area contributed by atoms with E-state index in [9.17, 15) is 22.8 Å². The number of nitrogens with zero attached hydrogens (tertiary/aromatic N) is 1. The molecule has 1 aromatic heterocycles. The molecule has 1 atom stereocenters. The molecule has 0 spiro atoms. The summed E-state index contributed by atoms with van der Waals surface area (Å²) in [6.07, 6.45) is 0. The van der Waals surface area contributed by atoms with Crippen LogP contribution in [0.2, 0.25) is 0 Å². The smallest absolute Gasteiger partial charge is 0.254 e. The Hall–Kier alpha value is -3.55. The van der Waals surface area contributed by atoms with Crippen molar-refractivity contribution >= 4 is 11.8 Å². The third-order valence-electron chi connectivity index (χ3n) is 4.82. The lowest BCUT2D eigenvalue weighted by atomic mass is 10.0. The quantitative estimate of drug-likeness (QED) is 0.667. The molecule has 0 fully saturated rings. The van der Waals surface area contributed by atoms with Gasteiger partial charge < -0.3 is 15.2 Å². The van der Waals surface area contributed by atoms with Gasteiger partial charge in [-0.3, -0.25) is 9.59 Å². The first-order chi connectivity index (χ1) is 14.2. The average molecular weight is 415 g/mol. The number of halogens is 3.